The summed E-state index contributed by atoms with van der Waals surface area (Å²) >= 11 is 0. The maximum absolute atomic E-state index is 12.5. The van der Waals surface area contributed by atoms with Crippen molar-refractivity contribution in [2.24, 2.45) is 0 Å². The van der Waals surface area contributed by atoms with Crippen molar-refractivity contribution in [3.63, 3.8) is 0 Å². The van der Waals surface area contributed by atoms with E-state index in [1.54, 1.807) is 0 Å². The first-order valence-corrected chi connectivity index (χ1v) is 7.17. The number of fused-ring (bicyclic) bond motifs is 1. The number of hydrogen-bond acceptors (Lipinski definition) is 5. The van der Waals surface area contributed by atoms with Crippen LogP contribution in [0.15, 0.2) is 24.3 Å². The fraction of sp³-hybridized carbons (Fsp3) is 0.333. The molecule has 7 heteroatoms. The van der Waals surface area contributed by atoms with Crippen LogP contribution < -0.4 is 0 Å². The van der Waals surface area contributed by atoms with Gasteiger partial charge in [0.05, 0.1) is 16.3 Å². The number of hydrogen-bond donors (Lipinski definition) is 1. The van der Waals surface area contributed by atoms with E-state index < -0.39 is 10.7 Å². The first kappa shape index (κ1) is 14.2. The van der Waals surface area contributed by atoms with Gasteiger partial charge >= 0.3 is 0 Å². The molecule has 0 saturated carbocycles. The van der Waals surface area contributed by atoms with Gasteiger partial charge in [-0.3, -0.25) is 14.9 Å². The lowest BCUT2D eigenvalue weighted by Crippen LogP contribution is -2.11. The van der Waals surface area contributed by atoms with Gasteiger partial charge in [-0.2, -0.15) is 4.73 Å². The Labute approximate surface area is 126 Å². The van der Waals surface area contributed by atoms with Crippen molar-refractivity contribution in [3.8, 4) is 0 Å². The third kappa shape index (κ3) is 2.45. The van der Waals surface area contributed by atoms with Crippen LogP contribution in [0.3, 0.4) is 0 Å². The number of nitrogens with zero attached hydrogens (tertiary/aromatic N) is 3. The number of imidazole rings is 1. The number of nitro groups is 1. The van der Waals surface area contributed by atoms with E-state index in [0.29, 0.717) is 12.1 Å². The zero-order chi connectivity index (χ0) is 15.7. The highest BCUT2D eigenvalue weighted by Crippen LogP contribution is 2.23. The van der Waals surface area contributed by atoms with E-state index in [1.807, 2.05) is 0 Å². The van der Waals surface area contributed by atoms with Gasteiger partial charge in [0.15, 0.2) is 0 Å². The summed E-state index contributed by atoms with van der Waals surface area (Å²) in [6, 6.07) is 5.44. The third-order valence-corrected chi connectivity index (χ3v) is 3.88. The molecule has 1 aliphatic carbocycles. The normalized spacial score (nSPS) is 14.2. The highest BCUT2D eigenvalue weighted by atomic mass is 16.6. The molecule has 7 nitrogen and oxygen atoms in total. The van der Waals surface area contributed by atoms with Crippen LogP contribution >= 0.6 is 0 Å². The smallest absolute Gasteiger partial charge is 0.270 e. The van der Waals surface area contributed by atoms with Gasteiger partial charge < -0.3 is 5.21 Å². The van der Waals surface area contributed by atoms with Crippen molar-refractivity contribution < 1.29 is 14.9 Å². The average Bonchev–Trinajstić information content (AvgIpc) is 2.70. The highest BCUT2D eigenvalue weighted by molar-refractivity contribution is 6.07. The van der Waals surface area contributed by atoms with Gasteiger partial charge in [0.2, 0.25) is 11.6 Å². The van der Waals surface area contributed by atoms with E-state index >= 15 is 0 Å². The van der Waals surface area contributed by atoms with Gasteiger partial charge in [0.1, 0.15) is 0 Å². The summed E-state index contributed by atoms with van der Waals surface area (Å²) in [5.74, 6) is -0.591. The monoisotopic (exact) mass is 301 g/mol. The van der Waals surface area contributed by atoms with Crippen LogP contribution in [0.1, 0.15) is 46.8 Å². The van der Waals surface area contributed by atoms with Crippen LogP contribution in [0.2, 0.25) is 0 Å². The van der Waals surface area contributed by atoms with Gasteiger partial charge in [0, 0.05) is 17.7 Å². The molecule has 114 valence electrons. The van der Waals surface area contributed by atoms with Crippen molar-refractivity contribution in [1.29, 1.82) is 0 Å². The number of rotatable bonds is 3. The summed E-state index contributed by atoms with van der Waals surface area (Å²) in [5, 5.41) is 21.0. The quantitative estimate of drug-likeness (QED) is 0.309. The molecule has 1 aromatic heterocycles. The van der Waals surface area contributed by atoms with Gasteiger partial charge in [-0.1, -0.05) is 18.6 Å². The lowest BCUT2D eigenvalue weighted by atomic mass is 10.1. The first-order chi connectivity index (χ1) is 10.6. The van der Waals surface area contributed by atoms with Crippen LogP contribution in [0, 0.1) is 10.1 Å². The van der Waals surface area contributed by atoms with E-state index in [9.17, 15) is 20.1 Å². The van der Waals surface area contributed by atoms with Gasteiger partial charge in [0.25, 0.3) is 5.69 Å². The molecule has 0 spiro atoms. The largest absolute Gasteiger partial charge is 0.426 e. The summed E-state index contributed by atoms with van der Waals surface area (Å²) in [6.07, 6.45) is 4.42. The van der Waals surface area contributed by atoms with E-state index in [4.69, 9.17) is 0 Å². The molecule has 0 bridgehead atoms. The predicted octanol–water partition coefficient (Wildman–Crippen LogP) is 2.53. The minimum absolute atomic E-state index is 0.0765. The van der Waals surface area contributed by atoms with E-state index in [-0.39, 0.29) is 17.1 Å². The maximum Gasteiger partial charge on any atom is 0.270 e. The molecule has 0 atom stereocenters. The summed E-state index contributed by atoms with van der Waals surface area (Å²) in [5.41, 5.74) is 1.40. The van der Waals surface area contributed by atoms with Crippen LogP contribution in [-0.4, -0.2) is 25.6 Å². The number of aromatic nitrogens is 2. The minimum atomic E-state index is -0.558. The Morgan fingerprint density at radius 2 is 2.05 bits per heavy atom. The summed E-state index contributed by atoms with van der Waals surface area (Å²) in [6.45, 7) is 0. The van der Waals surface area contributed by atoms with Crippen molar-refractivity contribution in [1.82, 2.24) is 9.71 Å². The Hall–Kier alpha value is -2.70. The van der Waals surface area contributed by atoms with Crippen molar-refractivity contribution in [3.05, 3.63) is 57.2 Å². The molecular formula is C15H15N3O4. The molecule has 1 heterocycles. The van der Waals surface area contributed by atoms with Crippen LogP contribution in [0.5, 0.6) is 0 Å². The standard InChI is InChI=1S/C15H15N3O4/c19-14(10-5-4-6-11(9-10)18(21)22)15-16-12-7-2-1-3-8-13(12)17(15)20/h4-6,9,20H,1-3,7-8H2. The molecule has 0 fully saturated rings. The van der Waals surface area contributed by atoms with Crippen molar-refractivity contribution in [2.75, 3.05) is 0 Å². The first-order valence-electron chi connectivity index (χ1n) is 7.17. The summed E-state index contributed by atoms with van der Waals surface area (Å²) in [4.78, 5) is 27.0. The third-order valence-electron chi connectivity index (χ3n) is 3.88. The summed E-state index contributed by atoms with van der Waals surface area (Å²) < 4.78 is 0.849. The second-order valence-electron chi connectivity index (χ2n) is 5.34. The highest BCUT2D eigenvalue weighted by Gasteiger charge is 2.24. The number of benzene rings is 1. The molecule has 0 amide bonds. The molecule has 0 unspecified atom stereocenters. The van der Waals surface area contributed by atoms with E-state index in [2.05, 4.69) is 4.98 Å². The Bertz CT molecular complexity index is 751. The van der Waals surface area contributed by atoms with Crippen LogP contribution in [0.4, 0.5) is 5.69 Å². The molecule has 0 saturated heterocycles. The lowest BCUT2D eigenvalue weighted by molar-refractivity contribution is -0.384. The topological polar surface area (TPSA) is 98.3 Å². The Balaban J connectivity index is 1.99. The predicted molar refractivity (Wildman–Crippen MR) is 77.2 cm³/mol. The Kier molecular flexibility index (Phi) is 3.62. The number of aryl methyl sites for hydroxylation is 1. The Morgan fingerprint density at radius 1 is 1.27 bits per heavy atom. The van der Waals surface area contributed by atoms with Crippen molar-refractivity contribution >= 4 is 11.5 Å². The number of ketones is 1. The molecule has 3 rings (SSSR count). The lowest BCUT2D eigenvalue weighted by Gasteiger charge is -2.03. The van der Waals surface area contributed by atoms with Crippen molar-refractivity contribution in [2.45, 2.75) is 32.1 Å². The molecular weight excluding hydrogens is 286 g/mol. The Morgan fingerprint density at radius 3 is 2.82 bits per heavy atom. The average molecular weight is 301 g/mol. The zero-order valence-electron chi connectivity index (χ0n) is 11.9. The van der Waals surface area contributed by atoms with Gasteiger partial charge in [-0.25, -0.2) is 4.98 Å². The number of carbonyl (C=O) groups is 1. The molecule has 0 radical (unpaired) electrons. The van der Waals surface area contributed by atoms with Gasteiger partial charge in [-0.15, -0.1) is 0 Å². The van der Waals surface area contributed by atoms with E-state index in [1.165, 1.54) is 24.3 Å². The second kappa shape index (κ2) is 5.59. The SMILES string of the molecule is O=C(c1cccc([N+](=O)[O-])c1)c1nc2c(n1O)CCCCC2. The molecule has 1 aliphatic rings. The zero-order valence-corrected chi connectivity index (χ0v) is 11.9. The molecule has 22 heavy (non-hydrogen) atoms. The number of nitro benzene ring substituents is 1. The number of carbonyl (C=O) groups excluding carboxylic acids is 1. The minimum Gasteiger partial charge on any atom is -0.426 e. The van der Waals surface area contributed by atoms with Crippen LogP contribution in [-0.2, 0) is 12.8 Å². The fourth-order valence-electron chi connectivity index (χ4n) is 2.74. The number of non-ortho nitro benzene ring substituents is 1. The van der Waals surface area contributed by atoms with Crippen LogP contribution in [0.25, 0.3) is 0 Å². The molecule has 2 aromatic rings. The molecule has 1 N–H and O–H groups in total. The maximum atomic E-state index is 12.5. The molecule has 0 aliphatic heterocycles. The van der Waals surface area contributed by atoms with E-state index in [0.717, 1.165) is 36.1 Å². The fourth-order valence-corrected chi connectivity index (χ4v) is 2.74. The molecule has 1 aromatic carbocycles. The second-order valence-corrected chi connectivity index (χ2v) is 5.34. The van der Waals surface area contributed by atoms with Gasteiger partial charge in [-0.05, 0) is 25.7 Å². The summed E-state index contributed by atoms with van der Waals surface area (Å²) in [7, 11) is 0.